The second-order valence-electron chi connectivity index (χ2n) is 4.37. The van der Waals surface area contributed by atoms with Crippen LogP contribution >= 0.6 is 27.7 Å². The number of thioether (sulfide) groups is 1. The molecule has 0 atom stereocenters. The molecule has 2 aromatic rings. The van der Waals surface area contributed by atoms with Gasteiger partial charge in [0.25, 0.3) is 12.3 Å². The molecule has 0 unspecified atom stereocenters. The summed E-state index contributed by atoms with van der Waals surface area (Å²) in [5, 5.41) is 6.96. The molecular formula is C13H11BrF4N4O2S. The Morgan fingerprint density at radius 1 is 1.36 bits per heavy atom. The molecule has 12 heteroatoms. The highest BCUT2D eigenvalue weighted by atomic mass is 79.9. The molecule has 1 heterocycles. The fourth-order valence-corrected chi connectivity index (χ4v) is 2.78. The first-order chi connectivity index (χ1) is 11.8. The van der Waals surface area contributed by atoms with Crippen LogP contribution in [0.5, 0.6) is 5.75 Å². The molecule has 1 aromatic carbocycles. The Bertz CT molecular complexity index is 760. The van der Waals surface area contributed by atoms with E-state index in [1.165, 1.54) is 12.1 Å². The van der Waals surface area contributed by atoms with E-state index < -0.39 is 30.5 Å². The molecule has 0 aliphatic carbocycles. The van der Waals surface area contributed by atoms with Gasteiger partial charge in [0.15, 0.2) is 0 Å². The third-order valence-corrected chi connectivity index (χ3v) is 4.05. The molecule has 0 saturated carbocycles. The van der Waals surface area contributed by atoms with E-state index in [4.69, 9.17) is 0 Å². The third kappa shape index (κ3) is 4.84. The zero-order valence-electron chi connectivity index (χ0n) is 12.6. The summed E-state index contributed by atoms with van der Waals surface area (Å²) in [6.07, 6.45) is -2.99. The lowest BCUT2D eigenvalue weighted by atomic mass is 10.2. The average molecular weight is 443 g/mol. The normalized spacial score (nSPS) is 11.2. The smallest absolute Gasteiger partial charge is 0.387 e. The van der Waals surface area contributed by atoms with Gasteiger partial charge in [0, 0.05) is 4.47 Å². The Balaban J connectivity index is 2.37. The predicted octanol–water partition coefficient (Wildman–Crippen LogP) is 4.08. The number of hydrogen-bond donors (Lipinski definition) is 1. The van der Waals surface area contributed by atoms with Crippen molar-refractivity contribution >= 4 is 33.6 Å². The van der Waals surface area contributed by atoms with Gasteiger partial charge in [-0.05, 0) is 24.0 Å². The minimum absolute atomic E-state index is 0.0393. The first-order valence-electron chi connectivity index (χ1n) is 6.75. The quantitative estimate of drug-likeness (QED) is 0.516. The largest absolute Gasteiger partial charge is 0.434 e. The summed E-state index contributed by atoms with van der Waals surface area (Å²) in [6, 6.07) is 3.79. The summed E-state index contributed by atoms with van der Waals surface area (Å²) in [5.74, 6) is -1.60. The van der Waals surface area contributed by atoms with Gasteiger partial charge in [-0.3, -0.25) is 10.2 Å². The Hall–Kier alpha value is -1.82. The van der Waals surface area contributed by atoms with Crippen molar-refractivity contribution in [3.05, 3.63) is 34.1 Å². The maximum Gasteiger partial charge on any atom is 0.387 e. The lowest BCUT2D eigenvalue weighted by Gasteiger charge is -2.14. The van der Waals surface area contributed by atoms with Crippen LogP contribution in [0, 0.1) is 0 Å². The molecule has 0 fully saturated rings. The van der Waals surface area contributed by atoms with Crippen LogP contribution in [0.15, 0.2) is 27.8 Å². The number of hydrogen-bond acceptors (Lipinski definition) is 5. The van der Waals surface area contributed by atoms with Gasteiger partial charge in [0.2, 0.25) is 11.0 Å². The molecule has 1 N–H and O–H groups in total. The van der Waals surface area contributed by atoms with E-state index in [1.807, 2.05) is 0 Å². The summed E-state index contributed by atoms with van der Waals surface area (Å²) in [6.45, 7) is -1.39. The van der Waals surface area contributed by atoms with Gasteiger partial charge in [-0.1, -0.05) is 34.6 Å². The Morgan fingerprint density at radius 3 is 2.68 bits per heavy atom. The van der Waals surface area contributed by atoms with Crippen LogP contribution in [-0.2, 0) is 0 Å². The summed E-state index contributed by atoms with van der Waals surface area (Å²) in [4.78, 5) is 12.4. The minimum atomic E-state index is -3.15. The number of aromatic nitrogens is 3. The zero-order chi connectivity index (χ0) is 18.6. The molecule has 0 saturated heterocycles. The van der Waals surface area contributed by atoms with Gasteiger partial charge in [-0.15, -0.1) is 10.2 Å². The summed E-state index contributed by atoms with van der Waals surface area (Å²) < 4.78 is 56.5. The molecule has 0 aliphatic rings. The molecule has 25 heavy (non-hydrogen) atoms. The Morgan fingerprint density at radius 2 is 2.08 bits per heavy atom. The monoisotopic (exact) mass is 442 g/mol. The predicted molar refractivity (Wildman–Crippen MR) is 85.8 cm³/mol. The van der Waals surface area contributed by atoms with E-state index in [0.717, 1.165) is 22.5 Å². The van der Waals surface area contributed by atoms with Crippen molar-refractivity contribution in [1.29, 1.82) is 0 Å². The molecule has 6 nitrogen and oxygen atoms in total. The maximum atomic E-state index is 13.0. The van der Waals surface area contributed by atoms with Crippen molar-refractivity contribution in [1.82, 2.24) is 14.9 Å². The second kappa shape index (κ2) is 8.52. The molecule has 0 aliphatic heterocycles. The molecule has 0 spiro atoms. The van der Waals surface area contributed by atoms with Gasteiger partial charge in [0.05, 0.1) is 5.56 Å². The molecule has 0 bridgehead atoms. The third-order valence-electron chi connectivity index (χ3n) is 2.74. The number of amides is 1. The lowest BCUT2D eigenvalue weighted by Crippen LogP contribution is -2.26. The van der Waals surface area contributed by atoms with Gasteiger partial charge >= 0.3 is 6.61 Å². The standard InChI is InChI=1S/C13H11BrF4N4O2S/c1-2-25-13-20-19-10(9(15)16)22(13)21-11(23)7-5-6(14)3-4-8(7)24-12(17)18/h3-5,9,12H,2H2,1H3,(H,21,23). The highest BCUT2D eigenvalue weighted by molar-refractivity contribution is 9.10. The van der Waals surface area contributed by atoms with Crippen molar-refractivity contribution in [2.75, 3.05) is 11.2 Å². The summed E-state index contributed by atoms with van der Waals surface area (Å²) in [7, 11) is 0. The van der Waals surface area contributed by atoms with Crippen LogP contribution in [0.3, 0.4) is 0 Å². The first kappa shape index (κ1) is 19.5. The fraction of sp³-hybridized carbons (Fsp3) is 0.308. The first-order valence-corrected chi connectivity index (χ1v) is 8.53. The van der Waals surface area contributed by atoms with E-state index in [0.29, 0.717) is 10.2 Å². The van der Waals surface area contributed by atoms with Crippen molar-refractivity contribution in [2.24, 2.45) is 0 Å². The maximum absolute atomic E-state index is 13.0. The number of carbonyl (C=O) groups excluding carboxylic acids is 1. The van der Waals surface area contributed by atoms with E-state index >= 15 is 0 Å². The minimum Gasteiger partial charge on any atom is -0.434 e. The molecule has 1 aromatic heterocycles. The SMILES string of the molecule is CCSc1nnc(C(F)F)n1NC(=O)c1cc(Br)ccc1OC(F)F. The second-order valence-corrected chi connectivity index (χ2v) is 6.52. The number of halogens is 5. The summed E-state index contributed by atoms with van der Waals surface area (Å²) in [5.41, 5.74) is 1.92. The number of alkyl halides is 4. The van der Waals surface area contributed by atoms with Gasteiger partial charge in [-0.25, -0.2) is 13.5 Å². The number of carbonyl (C=O) groups is 1. The van der Waals surface area contributed by atoms with Crippen molar-refractivity contribution in [3.63, 3.8) is 0 Å². The summed E-state index contributed by atoms with van der Waals surface area (Å²) >= 11 is 4.18. The molecule has 136 valence electrons. The van der Waals surface area contributed by atoms with Crippen LogP contribution in [0.1, 0.15) is 29.5 Å². The van der Waals surface area contributed by atoms with Gasteiger partial charge < -0.3 is 4.74 Å². The van der Waals surface area contributed by atoms with E-state index in [2.05, 4.69) is 36.3 Å². The van der Waals surface area contributed by atoms with Crippen molar-refractivity contribution in [3.8, 4) is 5.75 Å². The topological polar surface area (TPSA) is 69.0 Å². The van der Waals surface area contributed by atoms with Crippen molar-refractivity contribution < 1.29 is 27.1 Å². The van der Waals surface area contributed by atoms with Crippen LogP contribution < -0.4 is 10.2 Å². The molecular weight excluding hydrogens is 432 g/mol. The van der Waals surface area contributed by atoms with Crippen molar-refractivity contribution in [2.45, 2.75) is 25.1 Å². The average Bonchev–Trinajstić information content (AvgIpc) is 2.92. The Labute approximate surface area is 152 Å². The number of rotatable bonds is 7. The zero-order valence-corrected chi connectivity index (χ0v) is 15.0. The van der Waals surface area contributed by atoms with E-state index in [1.54, 1.807) is 6.92 Å². The van der Waals surface area contributed by atoms with Crippen LogP contribution in [0.4, 0.5) is 17.6 Å². The van der Waals surface area contributed by atoms with Crippen LogP contribution in [0.25, 0.3) is 0 Å². The number of ether oxygens (including phenoxy) is 1. The number of nitrogens with one attached hydrogen (secondary N) is 1. The highest BCUT2D eigenvalue weighted by Gasteiger charge is 2.24. The van der Waals surface area contributed by atoms with Gasteiger partial charge in [-0.2, -0.15) is 8.78 Å². The molecule has 0 radical (unpaired) electrons. The number of benzene rings is 1. The lowest BCUT2D eigenvalue weighted by molar-refractivity contribution is -0.0501. The highest BCUT2D eigenvalue weighted by Crippen LogP contribution is 2.26. The van der Waals surface area contributed by atoms with E-state index in [-0.39, 0.29) is 10.7 Å². The van der Waals surface area contributed by atoms with Crippen LogP contribution in [0.2, 0.25) is 0 Å². The number of nitrogens with zero attached hydrogens (tertiary/aromatic N) is 3. The fourth-order valence-electron chi connectivity index (χ4n) is 1.79. The molecule has 1 amide bonds. The molecule has 2 rings (SSSR count). The van der Waals surface area contributed by atoms with Crippen LogP contribution in [-0.4, -0.2) is 33.1 Å². The Kier molecular flexibility index (Phi) is 6.64. The van der Waals surface area contributed by atoms with E-state index in [9.17, 15) is 22.4 Å². The van der Waals surface area contributed by atoms with Gasteiger partial charge in [0.1, 0.15) is 5.75 Å².